The van der Waals surface area contributed by atoms with Crippen molar-refractivity contribution in [2.75, 3.05) is 26.2 Å². The monoisotopic (exact) mass is 329 g/mol. The normalized spacial score (nSPS) is 15.5. The lowest BCUT2D eigenvalue weighted by atomic mass is 10.1. The van der Waals surface area contributed by atoms with Gasteiger partial charge in [-0.05, 0) is 30.5 Å². The predicted molar refractivity (Wildman–Crippen MR) is 90.4 cm³/mol. The molecule has 6 heteroatoms. The lowest BCUT2D eigenvalue weighted by Gasteiger charge is -2.22. The van der Waals surface area contributed by atoms with Crippen molar-refractivity contribution >= 4 is 22.9 Å². The quantitative estimate of drug-likeness (QED) is 0.863. The SMILES string of the molecule is CCCC(=O)N1CCCN(C(=O)Cc2ccc3ncoc3c2)CC1. The van der Waals surface area contributed by atoms with Crippen molar-refractivity contribution in [2.24, 2.45) is 0 Å². The Balaban J connectivity index is 1.59. The number of fused-ring (bicyclic) bond motifs is 1. The van der Waals surface area contributed by atoms with Gasteiger partial charge in [0, 0.05) is 32.6 Å². The molecule has 2 heterocycles. The molecule has 1 fully saturated rings. The number of benzene rings is 1. The molecule has 3 rings (SSSR count). The van der Waals surface area contributed by atoms with E-state index in [2.05, 4.69) is 4.98 Å². The van der Waals surface area contributed by atoms with Gasteiger partial charge in [0.2, 0.25) is 11.8 Å². The molecule has 0 saturated carbocycles. The van der Waals surface area contributed by atoms with E-state index in [1.54, 1.807) is 0 Å². The van der Waals surface area contributed by atoms with Crippen LogP contribution in [0.15, 0.2) is 29.0 Å². The van der Waals surface area contributed by atoms with Crippen molar-refractivity contribution in [1.82, 2.24) is 14.8 Å². The number of hydrogen-bond acceptors (Lipinski definition) is 4. The van der Waals surface area contributed by atoms with Gasteiger partial charge in [0.15, 0.2) is 12.0 Å². The lowest BCUT2D eigenvalue weighted by molar-refractivity contribution is -0.133. The van der Waals surface area contributed by atoms with E-state index >= 15 is 0 Å². The molecule has 0 aliphatic carbocycles. The number of carbonyl (C=O) groups is 2. The maximum Gasteiger partial charge on any atom is 0.227 e. The van der Waals surface area contributed by atoms with Crippen LogP contribution in [0.5, 0.6) is 0 Å². The lowest BCUT2D eigenvalue weighted by Crippen LogP contribution is -2.37. The van der Waals surface area contributed by atoms with Crippen LogP contribution >= 0.6 is 0 Å². The third-order valence-electron chi connectivity index (χ3n) is 4.42. The van der Waals surface area contributed by atoms with Crippen LogP contribution in [-0.2, 0) is 16.0 Å². The zero-order chi connectivity index (χ0) is 16.9. The first kappa shape index (κ1) is 16.5. The fourth-order valence-electron chi connectivity index (χ4n) is 3.08. The summed E-state index contributed by atoms with van der Waals surface area (Å²) in [7, 11) is 0. The molecule has 1 aliphatic rings. The van der Waals surface area contributed by atoms with Gasteiger partial charge >= 0.3 is 0 Å². The Labute approximate surface area is 141 Å². The van der Waals surface area contributed by atoms with Crippen LogP contribution in [0.25, 0.3) is 11.1 Å². The molecule has 128 valence electrons. The molecule has 0 atom stereocenters. The molecule has 0 unspecified atom stereocenters. The molecule has 1 aromatic heterocycles. The van der Waals surface area contributed by atoms with Crippen molar-refractivity contribution < 1.29 is 14.0 Å². The summed E-state index contributed by atoms with van der Waals surface area (Å²) >= 11 is 0. The third-order valence-corrected chi connectivity index (χ3v) is 4.42. The first-order chi connectivity index (χ1) is 11.7. The van der Waals surface area contributed by atoms with E-state index in [-0.39, 0.29) is 11.8 Å². The van der Waals surface area contributed by atoms with Gasteiger partial charge in [0.1, 0.15) is 5.52 Å². The van der Waals surface area contributed by atoms with Gasteiger partial charge in [-0.3, -0.25) is 9.59 Å². The summed E-state index contributed by atoms with van der Waals surface area (Å²) in [5.74, 6) is 0.293. The summed E-state index contributed by atoms with van der Waals surface area (Å²) in [4.78, 5) is 32.4. The van der Waals surface area contributed by atoms with E-state index in [9.17, 15) is 9.59 Å². The number of amides is 2. The van der Waals surface area contributed by atoms with Gasteiger partial charge in [0.05, 0.1) is 6.42 Å². The molecule has 2 aromatic rings. The molecule has 0 radical (unpaired) electrons. The molecule has 1 aliphatic heterocycles. The number of oxazole rings is 1. The largest absolute Gasteiger partial charge is 0.443 e. The Morgan fingerprint density at radius 2 is 1.88 bits per heavy atom. The van der Waals surface area contributed by atoms with Crippen molar-refractivity contribution in [3.05, 3.63) is 30.2 Å². The van der Waals surface area contributed by atoms with Gasteiger partial charge in [-0.25, -0.2) is 4.98 Å². The van der Waals surface area contributed by atoms with Gasteiger partial charge in [-0.15, -0.1) is 0 Å². The van der Waals surface area contributed by atoms with E-state index in [1.165, 1.54) is 6.39 Å². The average molecular weight is 329 g/mol. The minimum atomic E-state index is 0.0960. The summed E-state index contributed by atoms with van der Waals surface area (Å²) in [5, 5.41) is 0. The molecule has 6 nitrogen and oxygen atoms in total. The predicted octanol–water partition coefficient (Wildman–Crippen LogP) is 2.23. The zero-order valence-electron chi connectivity index (χ0n) is 14.0. The van der Waals surface area contributed by atoms with Crippen molar-refractivity contribution in [3.63, 3.8) is 0 Å². The van der Waals surface area contributed by atoms with Crippen molar-refractivity contribution in [3.8, 4) is 0 Å². The highest BCUT2D eigenvalue weighted by Crippen LogP contribution is 2.16. The van der Waals surface area contributed by atoms with Crippen LogP contribution in [0.3, 0.4) is 0 Å². The van der Waals surface area contributed by atoms with Gasteiger partial charge in [-0.1, -0.05) is 13.0 Å². The number of aromatic nitrogens is 1. The smallest absolute Gasteiger partial charge is 0.227 e. The number of carbonyl (C=O) groups excluding carboxylic acids is 2. The average Bonchev–Trinajstić information content (AvgIpc) is 2.89. The number of hydrogen-bond donors (Lipinski definition) is 0. The fourth-order valence-corrected chi connectivity index (χ4v) is 3.08. The van der Waals surface area contributed by atoms with Crippen LogP contribution in [0, 0.1) is 0 Å². The van der Waals surface area contributed by atoms with Crippen molar-refractivity contribution in [1.29, 1.82) is 0 Å². The van der Waals surface area contributed by atoms with Gasteiger partial charge in [-0.2, -0.15) is 0 Å². The third kappa shape index (κ3) is 3.75. The molecular weight excluding hydrogens is 306 g/mol. The molecule has 24 heavy (non-hydrogen) atoms. The second-order valence-electron chi connectivity index (χ2n) is 6.20. The van der Waals surface area contributed by atoms with E-state index in [0.717, 1.165) is 30.5 Å². The second kappa shape index (κ2) is 7.47. The topological polar surface area (TPSA) is 66.7 Å². The molecule has 0 N–H and O–H groups in total. The highest BCUT2D eigenvalue weighted by atomic mass is 16.3. The van der Waals surface area contributed by atoms with Crippen LogP contribution in [0.4, 0.5) is 0 Å². The summed E-state index contributed by atoms with van der Waals surface area (Å²) in [6.45, 7) is 4.70. The minimum Gasteiger partial charge on any atom is -0.443 e. The van der Waals surface area contributed by atoms with E-state index in [0.29, 0.717) is 38.1 Å². The van der Waals surface area contributed by atoms with E-state index in [1.807, 2.05) is 34.9 Å². The molecule has 0 spiro atoms. The van der Waals surface area contributed by atoms with Crippen LogP contribution in [0.2, 0.25) is 0 Å². The maximum atomic E-state index is 12.6. The van der Waals surface area contributed by atoms with Crippen LogP contribution in [0.1, 0.15) is 31.7 Å². The molecule has 0 bridgehead atoms. The first-order valence-electron chi connectivity index (χ1n) is 8.55. The van der Waals surface area contributed by atoms with Gasteiger partial charge < -0.3 is 14.2 Å². The molecule has 1 aromatic carbocycles. The summed E-state index contributed by atoms with van der Waals surface area (Å²) in [5.41, 5.74) is 2.42. The maximum absolute atomic E-state index is 12.6. The Hall–Kier alpha value is -2.37. The standard InChI is InChI=1S/C18H23N3O3/c1-2-4-17(22)20-7-3-8-21(10-9-20)18(23)12-14-5-6-15-16(11-14)24-13-19-15/h5-6,11,13H,2-4,7-10,12H2,1H3. The number of rotatable bonds is 4. The molecular formula is C18H23N3O3. The van der Waals surface area contributed by atoms with E-state index < -0.39 is 0 Å². The van der Waals surface area contributed by atoms with Crippen LogP contribution in [-0.4, -0.2) is 52.8 Å². The van der Waals surface area contributed by atoms with Gasteiger partial charge in [0.25, 0.3) is 0 Å². The highest BCUT2D eigenvalue weighted by Gasteiger charge is 2.21. The summed E-state index contributed by atoms with van der Waals surface area (Å²) in [6, 6.07) is 5.65. The number of nitrogens with zero attached hydrogens (tertiary/aromatic N) is 3. The second-order valence-corrected chi connectivity index (χ2v) is 6.20. The Bertz CT molecular complexity index is 725. The van der Waals surface area contributed by atoms with Crippen LogP contribution < -0.4 is 0 Å². The minimum absolute atomic E-state index is 0.0960. The Kier molecular flexibility index (Phi) is 5.13. The Morgan fingerprint density at radius 3 is 2.62 bits per heavy atom. The van der Waals surface area contributed by atoms with Crippen molar-refractivity contribution in [2.45, 2.75) is 32.6 Å². The zero-order valence-corrected chi connectivity index (χ0v) is 14.0. The summed E-state index contributed by atoms with van der Waals surface area (Å²) in [6.07, 6.45) is 4.04. The Morgan fingerprint density at radius 1 is 1.12 bits per heavy atom. The highest BCUT2D eigenvalue weighted by molar-refractivity contribution is 5.81. The fraction of sp³-hybridized carbons (Fsp3) is 0.500. The summed E-state index contributed by atoms with van der Waals surface area (Å²) < 4.78 is 5.29. The molecule has 2 amide bonds. The molecule has 1 saturated heterocycles. The first-order valence-corrected chi connectivity index (χ1v) is 8.55. The van der Waals surface area contributed by atoms with E-state index in [4.69, 9.17) is 4.42 Å².